The number of hydrogen-bond donors (Lipinski definition) is 2. The van der Waals surface area contributed by atoms with E-state index in [1.807, 2.05) is 11.6 Å². The Morgan fingerprint density at radius 2 is 1.81 bits per heavy atom. The summed E-state index contributed by atoms with van der Waals surface area (Å²) >= 11 is 0. The average Bonchev–Trinajstić information content (AvgIpc) is 2.78. The van der Waals surface area contributed by atoms with E-state index in [1.54, 1.807) is 0 Å². The number of methoxy groups -OCH3 is 1. The Balaban J connectivity index is 2.05. The van der Waals surface area contributed by atoms with Gasteiger partial charge in [-0.15, -0.1) is 0 Å². The Hall–Kier alpha value is -3.51. The Labute approximate surface area is 185 Å². The molecule has 0 aliphatic heterocycles. The second-order valence-electron chi connectivity index (χ2n) is 6.30. The van der Waals surface area contributed by atoms with E-state index >= 15 is 0 Å². The third-order valence-corrected chi connectivity index (χ3v) is 5.16. The van der Waals surface area contributed by atoms with Gasteiger partial charge in [-0.3, -0.25) is 9.59 Å². The molecule has 2 amide bonds. The van der Waals surface area contributed by atoms with Crippen molar-refractivity contribution in [3.63, 3.8) is 0 Å². The molecule has 2 N–H and O–H groups in total. The van der Waals surface area contributed by atoms with Crippen molar-refractivity contribution in [1.82, 2.24) is 15.0 Å². The summed E-state index contributed by atoms with van der Waals surface area (Å²) in [7, 11) is -2.78. The number of sulfonamides is 1. The fourth-order valence-electron chi connectivity index (χ4n) is 2.29. The number of benzene rings is 1. The number of carbonyl (C=O) groups excluding carboxylic acids is 3. The van der Waals surface area contributed by atoms with Crippen molar-refractivity contribution < 1.29 is 37.0 Å². The normalized spacial score (nSPS) is 10.8. The molecular weight excluding hydrogens is 442 g/mol. The summed E-state index contributed by atoms with van der Waals surface area (Å²) in [4.78, 5) is 39.4. The van der Waals surface area contributed by atoms with Gasteiger partial charge in [-0.25, -0.2) is 22.9 Å². The van der Waals surface area contributed by atoms with Crippen molar-refractivity contribution >= 4 is 28.0 Å². The summed E-state index contributed by atoms with van der Waals surface area (Å²) in [6.07, 6.45) is 0.732. The molecule has 0 saturated heterocycles. The molecule has 1 aromatic carbocycles. The minimum atomic E-state index is -4.27. The van der Waals surface area contributed by atoms with Gasteiger partial charge in [0.15, 0.2) is 0 Å². The predicted octanol–water partition coefficient (Wildman–Crippen LogP) is 1.50. The van der Waals surface area contributed by atoms with Gasteiger partial charge in [0.2, 0.25) is 5.88 Å². The van der Waals surface area contributed by atoms with Crippen molar-refractivity contribution in [3.8, 4) is 5.88 Å². The number of amides is 2. The highest BCUT2D eigenvalue weighted by atomic mass is 32.2. The zero-order valence-corrected chi connectivity index (χ0v) is 18.3. The monoisotopic (exact) mass is 465 g/mol. The maximum atomic E-state index is 12.6. The van der Waals surface area contributed by atoms with Crippen LogP contribution in [0.5, 0.6) is 5.88 Å². The standard InChI is InChI=1S/C20H23N3O8S/c1-3-10-30-20(26)31-17-8-7-15(13-22-17)19(25)23-32(27,28)16-6-4-5-14(12-16)18(24)21-9-11-29-2/h4-8,12-13H,3,9-11H2,1-2H3,(H,21,24)(H,23,25). The van der Waals surface area contributed by atoms with Crippen molar-refractivity contribution in [2.75, 3.05) is 26.9 Å². The van der Waals surface area contributed by atoms with Crippen LogP contribution in [0.1, 0.15) is 34.1 Å². The van der Waals surface area contributed by atoms with E-state index in [-0.39, 0.29) is 35.1 Å². The van der Waals surface area contributed by atoms with Crippen LogP contribution in [0.3, 0.4) is 0 Å². The van der Waals surface area contributed by atoms with Gasteiger partial charge >= 0.3 is 6.16 Å². The Morgan fingerprint density at radius 3 is 2.47 bits per heavy atom. The lowest BCUT2D eigenvalue weighted by atomic mass is 10.2. The topological polar surface area (TPSA) is 150 Å². The van der Waals surface area contributed by atoms with E-state index in [4.69, 9.17) is 14.2 Å². The van der Waals surface area contributed by atoms with Crippen LogP contribution in [-0.2, 0) is 19.5 Å². The molecule has 0 bridgehead atoms. The number of pyridine rings is 1. The van der Waals surface area contributed by atoms with Gasteiger partial charge in [-0.1, -0.05) is 13.0 Å². The lowest BCUT2D eigenvalue weighted by Crippen LogP contribution is -2.31. The molecule has 32 heavy (non-hydrogen) atoms. The number of ether oxygens (including phenoxy) is 3. The molecule has 12 heteroatoms. The molecule has 2 aromatic rings. The van der Waals surface area contributed by atoms with Gasteiger partial charge in [0, 0.05) is 31.5 Å². The van der Waals surface area contributed by atoms with Gasteiger partial charge in [0.05, 0.1) is 23.7 Å². The second-order valence-corrected chi connectivity index (χ2v) is 7.98. The van der Waals surface area contributed by atoms with E-state index in [2.05, 4.69) is 10.3 Å². The lowest BCUT2D eigenvalue weighted by molar-refractivity contribution is 0.0934. The molecule has 0 aliphatic carbocycles. The average molecular weight is 465 g/mol. The van der Waals surface area contributed by atoms with E-state index in [9.17, 15) is 22.8 Å². The highest BCUT2D eigenvalue weighted by Crippen LogP contribution is 2.14. The summed E-state index contributed by atoms with van der Waals surface area (Å²) in [5, 5.41) is 2.58. The van der Waals surface area contributed by atoms with Gasteiger partial charge in [0.1, 0.15) is 0 Å². The van der Waals surface area contributed by atoms with E-state index in [0.717, 1.165) is 12.3 Å². The van der Waals surface area contributed by atoms with Crippen LogP contribution in [0, 0.1) is 0 Å². The number of rotatable bonds is 10. The van der Waals surface area contributed by atoms with Crippen LogP contribution in [0.2, 0.25) is 0 Å². The molecule has 172 valence electrons. The Bertz CT molecular complexity index is 1050. The lowest BCUT2D eigenvalue weighted by Gasteiger charge is -2.09. The fourth-order valence-corrected chi connectivity index (χ4v) is 3.31. The van der Waals surface area contributed by atoms with Gasteiger partial charge < -0.3 is 19.5 Å². The van der Waals surface area contributed by atoms with E-state index in [0.29, 0.717) is 13.0 Å². The number of nitrogens with one attached hydrogen (secondary N) is 2. The van der Waals surface area contributed by atoms with E-state index < -0.39 is 28.0 Å². The third-order valence-electron chi connectivity index (χ3n) is 3.84. The van der Waals surface area contributed by atoms with Gasteiger partial charge in [-0.05, 0) is 30.7 Å². The zero-order valence-electron chi connectivity index (χ0n) is 17.5. The molecule has 11 nitrogen and oxygen atoms in total. The van der Waals surface area contributed by atoms with Gasteiger partial charge in [0.25, 0.3) is 21.8 Å². The molecule has 0 fully saturated rings. The van der Waals surface area contributed by atoms with Crippen LogP contribution >= 0.6 is 0 Å². The summed E-state index contributed by atoms with van der Waals surface area (Å²) in [5.41, 5.74) is 0.0193. The molecule has 2 rings (SSSR count). The molecule has 0 aliphatic rings. The van der Waals surface area contributed by atoms with Crippen LogP contribution < -0.4 is 14.8 Å². The molecule has 1 heterocycles. The molecule has 0 spiro atoms. The van der Waals surface area contributed by atoms with Gasteiger partial charge in [-0.2, -0.15) is 0 Å². The minimum absolute atomic E-state index is 0.0867. The maximum Gasteiger partial charge on any atom is 0.515 e. The highest BCUT2D eigenvalue weighted by Gasteiger charge is 2.20. The van der Waals surface area contributed by atoms with Crippen molar-refractivity contribution in [2.45, 2.75) is 18.2 Å². The first-order chi connectivity index (χ1) is 15.3. The molecular formula is C20H23N3O8S. The van der Waals surface area contributed by atoms with Crippen LogP contribution in [0.15, 0.2) is 47.5 Å². The van der Waals surface area contributed by atoms with Crippen LogP contribution in [0.25, 0.3) is 0 Å². The number of hydrogen-bond acceptors (Lipinski definition) is 9. The summed E-state index contributed by atoms with van der Waals surface area (Å²) in [6, 6.07) is 7.68. The quantitative estimate of drug-likeness (QED) is 0.393. The first-order valence-electron chi connectivity index (χ1n) is 9.52. The highest BCUT2D eigenvalue weighted by molar-refractivity contribution is 7.90. The largest absolute Gasteiger partial charge is 0.515 e. The number of nitrogens with zero attached hydrogens (tertiary/aromatic N) is 1. The number of aromatic nitrogens is 1. The zero-order chi connectivity index (χ0) is 23.6. The SMILES string of the molecule is CCCOC(=O)Oc1ccc(C(=O)NS(=O)(=O)c2cccc(C(=O)NCCOC)c2)cn1. The van der Waals surface area contributed by atoms with Crippen LogP contribution in [-0.4, -0.2) is 58.2 Å². The van der Waals surface area contributed by atoms with E-state index in [1.165, 1.54) is 37.4 Å². The summed E-state index contributed by atoms with van der Waals surface area (Å²) in [5.74, 6) is -1.55. The summed E-state index contributed by atoms with van der Waals surface area (Å²) < 4.78 is 41.5. The minimum Gasteiger partial charge on any atom is -0.434 e. The summed E-state index contributed by atoms with van der Waals surface area (Å²) in [6.45, 7) is 2.57. The molecule has 0 saturated carbocycles. The predicted molar refractivity (Wildman–Crippen MR) is 112 cm³/mol. The molecule has 1 aromatic heterocycles. The smallest absolute Gasteiger partial charge is 0.434 e. The van der Waals surface area contributed by atoms with Crippen LogP contribution in [0.4, 0.5) is 4.79 Å². The first-order valence-corrected chi connectivity index (χ1v) is 11.0. The van der Waals surface area contributed by atoms with Crippen molar-refractivity contribution in [3.05, 3.63) is 53.7 Å². The Morgan fingerprint density at radius 1 is 1.03 bits per heavy atom. The molecule has 0 unspecified atom stereocenters. The second kappa shape index (κ2) is 11.8. The molecule has 0 radical (unpaired) electrons. The van der Waals surface area contributed by atoms with Crippen molar-refractivity contribution in [2.24, 2.45) is 0 Å². The first kappa shape index (κ1) is 24.8. The maximum absolute atomic E-state index is 12.6. The third kappa shape index (κ3) is 7.32. The Kier molecular flexibility index (Phi) is 9.10. The van der Waals surface area contributed by atoms with Crippen molar-refractivity contribution in [1.29, 1.82) is 0 Å². The fraction of sp³-hybridized carbons (Fsp3) is 0.300. The number of carbonyl (C=O) groups is 3. The molecule has 0 atom stereocenters.